The molecule has 1 aliphatic carbocycles. The molecule has 0 aromatic rings. The lowest BCUT2D eigenvalue weighted by Gasteiger charge is -2.23. The van der Waals surface area contributed by atoms with Crippen LogP contribution < -0.4 is 10.6 Å². The van der Waals surface area contributed by atoms with Crippen molar-refractivity contribution in [2.45, 2.75) is 63.8 Å². The predicted octanol–water partition coefficient (Wildman–Crippen LogP) is 3.17. The number of thioether (sulfide) groups is 1. The summed E-state index contributed by atoms with van der Waals surface area (Å²) in [6.45, 7) is 9.43. The van der Waals surface area contributed by atoms with Crippen LogP contribution in [0.25, 0.3) is 0 Å². The largest absolute Gasteiger partial charge is 0.357 e. The van der Waals surface area contributed by atoms with Crippen molar-refractivity contribution in [1.29, 1.82) is 0 Å². The van der Waals surface area contributed by atoms with Crippen LogP contribution in [0.2, 0.25) is 0 Å². The summed E-state index contributed by atoms with van der Waals surface area (Å²) in [5, 5.41) is 7.80. The van der Waals surface area contributed by atoms with Gasteiger partial charge in [-0.05, 0) is 52.8 Å². The molecular weight excluding hydrogens is 407 g/mol. The van der Waals surface area contributed by atoms with Crippen LogP contribution >= 0.6 is 35.7 Å². The van der Waals surface area contributed by atoms with Gasteiger partial charge in [-0.2, -0.15) is 11.8 Å². The fraction of sp³-hybridized carbons (Fsp3) is 0.938. The van der Waals surface area contributed by atoms with E-state index in [1.165, 1.54) is 25.7 Å². The molecule has 0 heterocycles. The number of halogens is 1. The quantitative estimate of drug-likeness (QED) is 0.344. The molecular formula is C16H35IN4S. The Hall–Kier alpha value is 0.310. The van der Waals surface area contributed by atoms with Gasteiger partial charge in [-0.25, -0.2) is 0 Å². The van der Waals surface area contributed by atoms with E-state index in [1.54, 1.807) is 0 Å². The van der Waals surface area contributed by atoms with Gasteiger partial charge in [0.25, 0.3) is 0 Å². The molecule has 132 valence electrons. The van der Waals surface area contributed by atoms with Gasteiger partial charge in [0.05, 0.1) is 6.54 Å². The van der Waals surface area contributed by atoms with Gasteiger partial charge in [0.15, 0.2) is 5.96 Å². The Kier molecular flexibility index (Phi) is 12.9. The van der Waals surface area contributed by atoms with E-state index in [0.717, 1.165) is 30.8 Å². The first kappa shape index (κ1) is 22.3. The Labute approximate surface area is 158 Å². The zero-order chi connectivity index (χ0) is 15.7. The van der Waals surface area contributed by atoms with E-state index in [4.69, 9.17) is 4.99 Å². The van der Waals surface area contributed by atoms with Gasteiger partial charge in [-0.3, -0.25) is 4.99 Å². The molecule has 3 unspecified atom stereocenters. The van der Waals surface area contributed by atoms with E-state index in [9.17, 15) is 0 Å². The Morgan fingerprint density at radius 3 is 2.64 bits per heavy atom. The fourth-order valence-corrected chi connectivity index (χ4v) is 3.45. The van der Waals surface area contributed by atoms with Crippen LogP contribution in [0.15, 0.2) is 4.99 Å². The maximum Gasteiger partial charge on any atom is 0.191 e. The highest BCUT2D eigenvalue weighted by Gasteiger charge is 2.24. The van der Waals surface area contributed by atoms with Crippen LogP contribution in [0, 0.1) is 0 Å². The third-order valence-electron chi connectivity index (χ3n) is 4.47. The molecule has 6 heteroatoms. The van der Waals surface area contributed by atoms with E-state index < -0.39 is 0 Å². The molecule has 0 amide bonds. The SMILES string of the molecule is CCNC(=NCCN(C)C(C)CC)NC1CCC(SC)C1.I. The molecule has 0 radical (unpaired) electrons. The molecule has 22 heavy (non-hydrogen) atoms. The molecule has 0 aliphatic heterocycles. The van der Waals surface area contributed by atoms with Gasteiger partial charge >= 0.3 is 0 Å². The van der Waals surface area contributed by atoms with Crippen LogP contribution in [0.1, 0.15) is 46.5 Å². The molecule has 4 nitrogen and oxygen atoms in total. The van der Waals surface area contributed by atoms with Crippen molar-refractivity contribution in [2.75, 3.05) is 32.9 Å². The van der Waals surface area contributed by atoms with Gasteiger partial charge in [-0.15, -0.1) is 24.0 Å². The number of guanidine groups is 1. The van der Waals surface area contributed by atoms with Crippen molar-refractivity contribution >= 4 is 41.7 Å². The molecule has 1 rings (SSSR count). The van der Waals surface area contributed by atoms with E-state index >= 15 is 0 Å². The lowest BCUT2D eigenvalue weighted by atomic mass is 10.2. The Morgan fingerprint density at radius 2 is 2.09 bits per heavy atom. The van der Waals surface area contributed by atoms with E-state index in [1.807, 2.05) is 11.8 Å². The van der Waals surface area contributed by atoms with Gasteiger partial charge in [-0.1, -0.05) is 6.92 Å². The summed E-state index contributed by atoms with van der Waals surface area (Å²) in [4.78, 5) is 7.11. The summed E-state index contributed by atoms with van der Waals surface area (Å²) in [6.07, 6.45) is 7.27. The smallest absolute Gasteiger partial charge is 0.191 e. The fourth-order valence-electron chi connectivity index (χ4n) is 2.65. The van der Waals surface area contributed by atoms with Crippen molar-refractivity contribution in [2.24, 2.45) is 4.99 Å². The molecule has 0 saturated heterocycles. The van der Waals surface area contributed by atoms with E-state index in [0.29, 0.717) is 12.1 Å². The molecule has 3 atom stereocenters. The van der Waals surface area contributed by atoms with Crippen molar-refractivity contribution in [3.05, 3.63) is 0 Å². The lowest BCUT2D eigenvalue weighted by molar-refractivity contribution is 0.259. The Morgan fingerprint density at radius 1 is 1.36 bits per heavy atom. The zero-order valence-corrected chi connectivity index (χ0v) is 18.0. The van der Waals surface area contributed by atoms with Crippen LogP contribution in [-0.2, 0) is 0 Å². The molecule has 0 spiro atoms. The molecule has 0 bridgehead atoms. The van der Waals surface area contributed by atoms with Crippen LogP contribution in [0.4, 0.5) is 0 Å². The maximum absolute atomic E-state index is 4.73. The second-order valence-electron chi connectivity index (χ2n) is 6.01. The summed E-state index contributed by atoms with van der Waals surface area (Å²) >= 11 is 2.00. The highest BCUT2D eigenvalue weighted by Crippen LogP contribution is 2.27. The van der Waals surface area contributed by atoms with Crippen molar-refractivity contribution in [3.8, 4) is 0 Å². The molecule has 1 saturated carbocycles. The highest BCUT2D eigenvalue weighted by molar-refractivity contribution is 14.0. The van der Waals surface area contributed by atoms with E-state index in [-0.39, 0.29) is 24.0 Å². The van der Waals surface area contributed by atoms with Gasteiger partial charge in [0.2, 0.25) is 0 Å². The van der Waals surface area contributed by atoms with Gasteiger partial charge in [0, 0.05) is 30.4 Å². The van der Waals surface area contributed by atoms with Crippen molar-refractivity contribution < 1.29 is 0 Å². The number of nitrogens with zero attached hydrogens (tertiary/aromatic N) is 2. The summed E-state index contributed by atoms with van der Waals surface area (Å²) in [6, 6.07) is 1.22. The first-order valence-corrected chi connectivity index (χ1v) is 9.67. The Balaban J connectivity index is 0.00000441. The molecule has 1 fully saturated rings. The number of rotatable bonds is 8. The van der Waals surface area contributed by atoms with Crippen molar-refractivity contribution in [1.82, 2.24) is 15.5 Å². The standard InChI is InChI=1S/C16H34N4S.HI/c1-6-13(3)20(4)11-10-18-16(17-7-2)19-14-8-9-15(12-14)21-5;/h13-15H,6-12H2,1-5H3,(H2,17,18,19);1H. The number of likely N-dealkylation sites (N-methyl/N-ethyl adjacent to an activating group) is 1. The number of nitrogens with one attached hydrogen (secondary N) is 2. The average Bonchev–Trinajstić information content (AvgIpc) is 2.94. The predicted molar refractivity (Wildman–Crippen MR) is 112 cm³/mol. The minimum absolute atomic E-state index is 0. The zero-order valence-electron chi connectivity index (χ0n) is 14.9. The lowest BCUT2D eigenvalue weighted by Crippen LogP contribution is -2.43. The topological polar surface area (TPSA) is 39.7 Å². The van der Waals surface area contributed by atoms with Gasteiger partial charge < -0.3 is 15.5 Å². The summed E-state index contributed by atoms with van der Waals surface area (Å²) < 4.78 is 0. The van der Waals surface area contributed by atoms with Crippen LogP contribution in [0.5, 0.6) is 0 Å². The van der Waals surface area contributed by atoms with Crippen molar-refractivity contribution in [3.63, 3.8) is 0 Å². The number of hydrogen-bond donors (Lipinski definition) is 2. The summed E-state index contributed by atoms with van der Waals surface area (Å²) in [5.74, 6) is 0.988. The number of hydrogen-bond acceptors (Lipinski definition) is 3. The summed E-state index contributed by atoms with van der Waals surface area (Å²) in [5.41, 5.74) is 0. The second-order valence-corrected chi connectivity index (χ2v) is 7.15. The van der Waals surface area contributed by atoms with Gasteiger partial charge in [0.1, 0.15) is 0 Å². The van der Waals surface area contributed by atoms with Crippen LogP contribution in [-0.4, -0.2) is 61.1 Å². The number of aliphatic imine (C=N–C) groups is 1. The maximum atomic E-state index is 4.73. The third-order valence-corrected chi connectivity index (χ3v) is 5.56. The van der Waals surface area contributed by atoms with E-state index in [2.05, 4.69) is 49.6 Å². The Bertz CT molecular complexity index is 315. The minimum Gasteiger partial charge on any atom is -0.357 e. The first-order valence-electron chi connectivity index (χ1n) is 8.38. The van der Waals surface area contributed by atoms with Crippen LogP contribution in [0.3, 0.4) is 0 Å². The highest BCUT2D eigenvalue weighted by atomic mass is 127. The normalized spacial score (nSPS) is 23.3. The second kappa shape index (κ2) is 12.7. The first-order chi connectivity index (χ1) is 10.1. The molecule has 2 N–H and O–H groups in total. The molecule has 0 aromatic carbocycles. The molecule has 1 aliphatic rings. The third kappa shape index (κ3) is 8.24. The minimum atomic E-state index is 0. The monoisotopic (exact) mass is 442 g/mol. The molecule has 0 aromatic heterocycles. The average molecular weight is 442 g/mol. The summed E-state index contributed by atoms with van der Waals surface area (Å²) in [7, 11) is 2.18.